The van der Waals surface area contributed by atoms with Crippen molar-refractivity contribution in [2.45, 2.75) is 32.6 Å². The van der Waals surface area contributed by atoms with Crippen LogP contribution in [-0.2, 0) is 4.79 Å². The van der Waals surface area contributed by atoms with E-state index in [-0.39, 0.29) is 5.91 Å². The monoisotopic (exact) mass is 246 g/mol. The normalized spacial score (nSPS) is 15.8. The molecule has 0 spiro atoms. The van der Waals surface area contributed by atoms with Crippen molar-refractivity contribution in [1.82, 2.24) is 5.32 Å². The van der Waals surface area contributed by atoms with Crippen molar-refractivity contribution < 1.29 is 4.79 Å². The molecule has 2 N–H and O–H groups in total. The maximum absolute atomic E-state index is 11.7. The SMILES string of the molecule is Cc1ccc(NC(=O)CNCC2CCCC2)cc1. The van der Waals surface area contributed by atoms with Crippen molar-refractivity contribution in [1.29, 1.82) is 0 Å². The molecular formula is C15H22N2O. The van der Waals surface area contributed by atoms with E-state index in [1.807, 2.05) is 31.2 Å². The number of carbonyl (C=O) groups is 1. The number of anilines is 1. The maximum atomic E-state index is 11.7. The Kier molecular flexibility index (Phi) is 4.76. The minimum absolute atomic E-state index is 0.0388. The van der Waals surface area contributed by atoms with E-state index in [2.05, 4.69) is 10.6 Å². The van der Waals surface area contributed by atoms with Crippen LogP contribution in [0.4, 0.5) is 5.69 Å². The summed E-state index contributed by atoms with van der Waals surface area (Å²) in [6, 6.07) is 7.87. The van der Waals surface area contributed by atoms with Gasteiger partial charge in [-0.05, 0) is 44.4 Å². The predicted octanol–water partition coefficient (Wildman–Crippen LogP) is 2.71. The zero-order valence-corrected chi connectivity index (χ0v) is 11.0. The zero-order valence-electron chi connectivity index (χ0n) is 11.0. The number of nitrogens with one attached hydrogen (secondary N) is 2. The predicted molar refractivity (Wildman–Crippen MR) is 74.6 cm³/mol. The molecule has 0 atom stereocenters. The van der Waals surface area contributed by atoms with E-state index in [4.69, 9.17) is 0 Å². The van der Waals surface area contributed by atoms with Gasteiger partial charge in [0.15, 0.2) is 0 Å². The van der Waals surface area contributed by atoms with Gasteiger partial charge >= 0.3 is 0 Å². The molecule has 3 nitrogen and oxygen atoms in total. The van der Waals surface area contributed by atoms with E-state index in [9.17, 15) is 4.79 Å². The number of amides is 1. The molecule has 98 valence electrons. The van der Waals surface area contributed by atoms with Crippen molar-refractivity contribution in [2.75, 3.05) is 18.4 Å². The molecule has 0 heterocycles. The molecule has 0 bridgehead atoms. The molecule has 0 unspecified atom stereocenters. The lowest BCUT2D eigenvalue weighted by Crippen LogP contribution is -2.31. The summed E-state index contributed by atoms with van der Waals surface area (Å²) in [5.41, 5.74) is 2.07. The number of rotatable bonds is 5. The second kappa shape index (κ2) is 6.55. The van der Waals surface area contributed by atoms with E-state index in [0.717, 1.165) is 18.2 Å². The number of carbonyl (C=O) groups excluding carboxylic acids is 1. The van der Waals surface area contributed by atoms with E-state index in [1.54, 1.807) is 0 Å². The van der Waals surface area contributed by atoms with Crippen LogP contribution in [0.25, 0.3) is 0 Å². The molecule has 1 aromatic carbocycles. The van der Waals surface area contributed by atoms with Crippen LogP contribution in [0, 0.1) is 12.8 Å². The van der Waals surface area contributed by atoms with Gasteiger partial charge in [-0.3, -0.25) is 4.79 Å². The average Bonchev–Trinajstić information content (AvgIpc) is 2.85. The lowest BCUT2D eigenvalue weighted by molar-refractivity contribution is -0.115. The second-order valence-electron chi connectivity index (χ2n) is 5.20. The van der Waals surface area contributed by atoms with Gasteiger partial charge in [0.1, 0.15) is 0 Å². The minimum Gasteiger partial charge on any atom is -0.325 e. The molecule has 1 amide bonds. The third kappa shape index (κ3) is 4.15. The van der Waals surface area contributed by atoms with Gasteiger partial charge in [0, 0.05) is 5.69 Å². The fourth-order valence-electron chi connectivity index (χ4n) is 2.45. The summed E-state index contributed by atoms with van der Waals surface area (Å²) in [5.74, 6) is 0.814. The highest BCUT2D eigenvalue weighted by Gasteiger charge is 2.14. The summed E-state index contributed by atoms with van der Waals surface area (Å²) >= 11 is 0. The summed E-state index contributed by atoms with van der Waals surface area (Å²) in [5, 5.41) is 6.14. The molecule has 0 aromatic heterocycles. The van der Waals surface area contributed by atoms with E-state index < -0.39 is 0 Å². The van der Waals surface area contributed by atoms with Gasteiger partial charge < -0.3 is 10.6 Å². The Morgan fingerprint density at radius 3 is 2.56 bits per heavy atom. The summed E-state index contributed by atoms with van der Waals surface area (Å²) < 4.78 is 0. The van der Waals surface area contributed by atoms with Crippen LogP contribution in [0.3, 0.4) is 0 Å². The average molecular weight is 246 g/mol. The second-order valence-corrected chi connectivity index (χ2v) is 5.20. The number of aryl methyl sites for hydroxylation is 1. The van der Waals surface area contributed by atoms with Crippen LogP contribution >= 0.6 is 0 Å². The Morgan fingerprint density at radius 2 is 1.89 bits per heavy atom. The lowest BCUT2D eigenvalue weighted by Gasteiger charge is -2.10. The Morgan fingerprint density at radius 1 is 1.22 bits per heavy atom. The Labute approximate surface area is 109 Å². The Bertz CT molecular complexity index is 380. The van der Waals surface area contributed by atoms with Gasteiger partial charge in [0.25, 0.3) is 0 Å². The van der Waals surface area contributed by atoms with Crippen LogP contribution in [0.2, 0.25) is 0 Å². The molecule has 1 fully saturated rings. The molecule has 1 aliphatic rings. The number of benzene rings is 1. The van der Waals surface area contributed by atoms with Gasteiger partial charge in [-0.2, -0.15) is 0 Å². The first-order chi connectivity index (χ1) is 8.74. The van der Waals surface area contributed by atoms with Crippen molar-refractivity contribution in [3.63, 3.8) is 0 Å². The van der Waals surface area contributed by atoms with E-state index in [0.29, 0.717) is 6.54 Å². The zero-order chi connectivity index (χ0) is 12.8. The first kappa shape index (κ1) is 13.1. The third-order valence-electron chi connectivity index (χ3n) is 3.53. The fourth-order valence-corrected chi connectivity index (χ4v) is 2.45. The smallest absolute Gasteiger partial charge is 0.238 e. The minimum atomic E-state index is 0.0388. The molecule has 18 heavy (non-hydrogen) atoms. The van der Waals surface area contributed by atoms with Crippen molar-refractivity contribution in [2.24, 2.45) is 5.92 Å². The number of hydrogen-bond acceptors (Lipinski definition) is 2. The standard InChI is InChI=1S/C15H22N2O/c1-12-6-8-14(9-7-12)17-15(18)11-16-10-13-4-2-3-5-13/h6-9,13,16H,2-5,10-11H2,1H3,(H,17,18). The van der Waals surface area contributed by atoms with Crippen molar-refractivity contribution >= 4 is 11.6 Å². The van der Waals surface area contributed by atoms with Gasteiger partial charge in [-0.15, -0.1) is 0 Å². The van der Waals surface area contributed by atoms with E-state index >= 15 is 0 Å². The fraction of sp³-hybridized carbons (Fsp3) is 0.533. The van der Waals surface area contributed by atoms with Crippen molar-refractivity contribution in [3.8, 4) is 0 Å². The number of hydrogen-bond donors (Lipinski definition) is 2. The molecule has 0 radical (unpaired) electrons. The highest BCUT2D eigenvalue weighted by molar-refractivity contribution is 5.92. The van der Waals surface area contributed by atoms with Gasteiger partial charge in [0.2, 0.25) is 5.91 Å². The first-order valence-corrected chi connectivity index (χ1v) is 6.81. The Hall–Kier alpha value is -1.35. The lowest BCUT2D eigenvalue weighted by atomic mass is 10.1. The van der Waals surface area contributed by atoms with Crippen LogP contribution < -0.4 is 10.6 Å². The highest BCUT2D eigenvalue weighted by Crippen LogP contribution is 2.23. The van der Waals surface area contributed by atoms with Gasteiger partial charge in [-0.1, -0.05) is 30.5 Å². The maximum Gasteiger partial charge on any atom is 0.238 e. The van der Waals surface area contributed by atoms with Crippen LogP contribution in [0.1, 0.15) is 31.2 Å². The summed E-state index contributed by atoms with van der Waals surface area (Å²) in [6.45, 7) is 3.42. The molecule has 1 aliphatic carbocycles. The molecule has 0 aliphatic heterocycles. The molecule has 3 heteroatoms. The molecule has 1 saturated carbocycles. The first-order valence-electron chi connectivity index (χ1n) is 6.81. The van der Waals surface area contributed by atoms with Crippen LogP contribution in [0.15, 0.2) is 24.3 Å². The summed E-state index contributed by atoms with van der Waals surface area (Å²) in [4.78, 5) is 11.7. The van der Waals surface area contributed by atoms with Crippen molar-refractivity contribution in [3.05, 3.63) is 29.8 Å². The topological polar surface area (TPSA) is 41.1 Å². The largest absolute Gasteiger partial charge is 0.325 e. The highest BCUT2D eigenvalue weighted by atomic mass is 16.1. The van der Waals surface area contributed by atoms with E-state index in [1.165, 1.54) is 31.2 Å². The third-order valence-corrected chi connectivity index (χ3v) is 3.53. The molecule has 1 aromatic rings. The van der Waals surface area contributed by atoms with Crippen LogP contribution in [0.5, 0.6) is 0 Å². The quantitative estimate of drug-likeness (QED) is 0.838. The molecular weight excluding hydrogens is 224 g/mol. The molecule has 2 rings (SSSR count). The summed E-state index contributed by atoms with van der Waals surface area (Å²) in [6.07, 6.45) is 5.32. The van der Waals surface area contributed by atoms with Gasteiger partial charge in [0.05, 0.1) is 6.54 Å². The Balaban J connectivity index is 1.66. The molecule has 0 saturated heterocycles. The van der Waals surface area contributed by atoms with Crippen LogP contribution in [-0.4, -0.2) is 19.0 Å². The van der Waals surface area contributed by atoms with Gasteiger partial charge in [-0.25, -0.2) is 0 Å². The summed E-state index contributed by atoms with van der Waals surface area (Å²) in [7, 11) is 0.